The fourth-order valence-electron chi connectivity index (χ4n) is 3.36. The van der Waals surface area contributed by atoms with Gasteiger partial charge in [-0.1, -0.05) is 24.3 Å². The molecule has 164 valence electrons. The number of pyridine rings is 1. The zero-order valence-electron chi connectivity index (χ0n) is 18.3. The van der Waals surface area contributed by atoms with Gasteiger partial charge >= 0.3 is 0 Å². The van der Waals surface area contributed by atoms with Gasteiger partial charge in [0.05, 0.1) is 7.11 Å². The minimum absolute atomic E-state index is 0.148. The molecule has 1 N–H and O–H groups in total. The number of aromatic nitrogens is 3. The summed E-state index contributed by atoms with van der Waals surface area (Å²) in [6.45, 7) is 0.687. The first-order valence-corrected chi connectivity index (χ1v) is 10.2. The molecular formula is C24H25N5O3. The van der Waals surface area contributed by atoms with Crippen molar-refractivity contribution >= 4 is 17.5 Å². The van der Waals surface area contributed by atoms with Crippen molar-refractivity contribution in [2.45, 2.75) is 6.54 Å². The lowest BCUT2D eigenvalue weighted by Gasteiger charge is -2.14. The van der Waals surface area contributed by atoms with E-state index in [-0.39, 0.29) is 18.5 Å². The van der Waals surface area contributed by atoms with Crippen LogP contribution in [0.3, 0.4) is 0 Å². The number of benzene rings is 2. The highest BCUT2D eigenvalue weighted by molar-refractivity contribution is 5.90. The number of anilines is 1. The third kappa shape index (κ3) is 5.04. The SMILES string of the molecule is COc1ccc(OCC(=O)Nc2nc3ccc(-c4ccccc4CN(C)C)cn3n2)cc1. The number of carbonyl (C=O) groups excluding carboxylic acids is 1. The second-order valence-electron chi connectivity index (χ2n) is 7.56. The molecule has 2 aromatic heterocycles. The molecule has 0 unspecified atom stereocenters. The van der Waals surface area contributed by atoms with Crippen molar-refractivity contribution in [3.8, 4) is 22.6 Å². The molecule has 0 saturated carbocycles. The zero-order chi connectivity index (χ0) is 22.5. The van der Waals surface area contributed by atoms with Crippen molar-refractivity contribution < 1.29 is 14.3 Å². The first-order chi connectivity index (χ1) is 15.5. The summed E-state index contributed by atoms with van der Waals surface area (Å²) in [4.78, 5) is 18.8. The smallest absolute Gasteiger partial charge is 0.264 e. The molecular weight excluding hydrogens is 406 g/mol. The van der Waals surface area contributed by atoms with E-state index in [1.165, 1.54) is 5.56 Å². The van der Waals surface area contributed by atoms with Gasteiger partial charge in [-0.3, -0.25) is 10.1 Å². The predicted octanol–water partition coefficient (Wildman–Crippen LogP) is 3.48. The van der Waals surface area contributed by atoms with Crippen LogP contribution in [0.1, 0.15) is 5.56 Å². The fourth-order valence-corrected chi connectivity index (χ4v) is 3.36. The Morgan fingerprint density at radius 3 is 2.53 bits per heavy atom. The van der Waals surface area contributed by atoms with Crippen molar-refractivity contribution in [2.75, 3.05) is 33.1 Å². The summed E-state index contributed by atoms with van der Waals surface area (Å²) in [6, 6.07) is 19.2. The van der Waals surface area contributed by atoms with Gasteiger partial charge in [0.25, 0.3) is 5.91 Å². The number of ether oxygens (including phenoxy) is 2. The molecule has 0 aliphatic carbocycles. The number of hydrogen-bond acceptors (Lipinski definition) is 6. The number of carbonyl (C=O) groups is 1. The van der Waals surface area contributed by atoms with Crippen molar-refractivity contribution in [3.05, 3.63) is 72.4 Å². The zero-order valence-corrected chi connectivity index (χ0v) is 18.3. The molecule has 2 heterocycles. The summed E-state index contributed by atoms with van der Waals surface area (Å²) in [5.41, 5.74) is 4.03. The summed E-state index contributed by atoms with van der Waals surface area (Å²) >= 11 is 0. The van der Waals surface area contributed by atoms with E-state index in [9.17, 15) is 4.79 Å². The topological polar surface area (TPSA) is 81.0 Å². The normalized spacial score (nSPS) is 11.0. The Balaban J connectivity index is 1.45. The molecule has 8 heteroatoms. The number of nitrogens with zero attached hydrogens (tertiary/aromatic N) is 4. The van der Waals surface area contributed by atoms with Gasteiger partial charge in [0, 0.05) is 18.3 Å². The van der Waals surface area contributed by atoms with Crippen molar-refractivity contribution in [1.29, 1.82) is 0 Å². The molecule has 0 radical (unpaired) electrons. The molecule has 0 spiro atoms. The molecule has 0 aliphatic rings. The Kier molecular flexibility index (Phi) is 6.32. The summed E-state index contributed by atoms with van der Waals surface area (Å²) in [5.74, 6) is 1.18. The van der Waals surface area contributed by atoms with E-state index in [1.54, 1.807) is 35.9 Å². The van der Waals surface area contributed by atoms with Crippen LogP contribution in [-0.2, 0) is 11.3 Å². The van der Waals surface area contributed by atoms with E-state index in [4.69, 9.17) is 9.47 Å². The van der Waals surface area contributed by atoms with Crippen LogP contribution in [0.2, 0.25) is 0 Å². The average molecular weight is 431 g/mol. The lowest BCUT2D eigenvalue weighted by atomic mass is 10.0. The van der Waals surface area contributed by atoms with Crippen LogP contribution in [0, 0.1) is 0 Å². The number of methoxy groups -OCH3 is 1. The summed E-state index contributed by atoms with van der Waals surface area (Å²) in [6.07, 6.45) is 1.92. The number of hydrogen-bond donors (Lipinski definition) is 1. The van der Waals surface area contributed by atoms with Crippen molar-refractivity contribution in [3.63, 3.8) is 0 Å². The Morgan fingerprint density at radius 1 is 1.03 bits per heavy atom. The number of amides is 1. The second kappa shape index (κ2) is 9.49. The molecule has 8 nitrogen and oxygen atoms in total. The lowest BCUT2D eigenvalue weighted by molar-refractivity contribution is -0.118. The van der Waals surface area contributed by atoms with Gasteiger partial charge in [-0.15, -0.1) is 5.10 Å². The third-order valence-corrected chi connectivity index (χ3v) is 4.83. The van der Waals surface area contributed by atoms with Gasteiger partial charge in [0.1, 0.15) is 11.5 Å². The molecule has 0 fully saturated rings. The van der Waals surface area contributed by atoms with E-state index < -0.39 is 0 Å². The maximum absolute atomic E-state index is 12.3. The average Bonchev–Trinajstić information content (AvgIpc) is 3.19. The molecule has 2 aromatic carbocycles. The number of fused-ring (bicyclic) bond motifs is 1. The molecule has 4 aromatic rings. The maximum atomic E-state index is 12.3. The minimum Gasteiger partial charge on any atom is -0.497 e. The summed E-state index contributed by atoms with van der Waals surface area (Å²) in [7, 11) is 5.69. The molecule has 0 aliphatic heterocycles. The van der Waals surface area contributed by atoms with E-state index in [0.717, 1.165) is 23.4 Å². The lowest BCUT2D eigenvalue weighted by Crippen LogP contribution is -2.20. The first kappa shape index (κ1) is 21.3. The van der Waals surface area contributed by atoms with Gasteiger partial charge in [0.2, 0.25) is 5.95 Å². The van der Waals surface area contributed by atoms with Crippen molar-refractivity contribution in [1.82, 2.24) is 19.5 Å². The van der Waals surface area contributed by atoms with Gasteiger partial charge in [-0.2, -0.15) is 4.98 Å². The van der Waals surface area contributed by atoms with Crippen LogP contribution < -0.4 is 14.8 Å². The van der Waals surface area contributed by atoms with Gasteiger partial charge in [-0.25, -0.2) is 4.52 Å². The number of nitrogens with one attached hydrogen (secondary N) is 1. The molecule has 1 amide bonds. The number of rotatable bonds is 8. The molecule has 32 heavy (non-hydrogen) atoms. The Bertz CT molecular complexity index is 1220. The van der Waals surface area contributed by atoms with Crippen LogP contribution in [0.5, 0.6) is 11.5 Å². The maximum Gasteiger partial charge on any atom is 0.264 e. The van der Waals surface area contributed by atoms with E-state index in [0.29, 0.717) is 11.4 Å². The second-order valence-corrected chi connectivity index (χ2v) is 7.56. The van der Waals surface area contributed by atoms with Crippen LogP contribution in [0.25, 0.3) is 16.8 Å². The molecule has 4 rings (SSSR count). The highest BCUT2D eigenvalue weighted by Crippen LogP contribution is 2.25. The minimum atomic E-state index is -0.340. The molecule has 0 bridgehead atoms. The standard InChI is InChI=1S/C24H25N5O3/c1-28(2)14-17-6-4-5-7-21(17)18-8-13-22-25-24(27-29(22)15-18)26-23(30)16-32-20-11-9-19(31-3)10-12-20/h4-13,15H,14,16H2,1-3H3,(H,26,27,30). The highest BCUT2D eigenvalue weighted by atomic mass is 16.5. The van der Waals surface area contributed by atoms with Crippen LogP contribution in [0.4, 0.5) is 5.95 Å². The van der Waals surface area contributed by atoms with E-state index in [2.05, 4.69) is 32.4 Å². The van der Waals surface area contributed by atoms with Crippen LogP contribution in [-0.4, -0.2) is 53.2 Å². The predicted molar refractivity (Wildman–Crippen MR) is 123 cm³/mol. The Hall–Kier alpha value is -3.91. The van der Waals surface area contributed by atoms with E-state index in [1.807, 2.05) is 44.6 Å². The van der Waals surface area contributed by atoms with E-state index >= 15 is 0 Å². The largest absolute Gasteiger partial charge is 0.497 e. The molecule has 0 saturated heterocycles. The Morgan fingerprint density at radius 2 is 1.78 bits per heavy atom. The fraction of sp³-hybridized carbons (Fsp3) is 0.208. The van der Waals surface area contributed by atoms with Gasteiger partial charge < -0.3 is 14.4 Å². The van der Waals surface area contributed by atoms with Gasteiger partial charge in [-0.05, 0) is 61.6 Å². The quantitative estimate of drug-likeness (QED) is 0.460. The van der Waals surface area contributed by atoms with Crippen LogP contribution >= 0.6 is 0 Å². The van der Waals surface area contributed by atoms with Gasteiger partial charge in [0.15, 0.2) is 12.3 Å². The first-order valence-electron chi connectivity index (χ1n) is 10.2. The molecule has 0 atom stereocenters. The highest BCUT2D eigenvalue weighted by Gasteiger charge is 2.11. The van der Waals surface area contributed by atoms with Crippen LogP contribution in [0.15, 0.2) is 66.9 Å². The summed E-state index contributed by atoms with van der Waals surface area (Å²) in [5, 5.41) is 7.08. The summed E-state index contributed by atoms with van der Waals surface area (Å²) < 4.78 is 12.3. The third-order valence-electron chi connectivity index (χ3n) is 4.83. The van der Waals surface area contributed by atoms with Crippen molar-refractivity contribution in [2.24, 2.45) is 0 Å². The monoisotopic (exact) mass is 431 g/mol. The Labute approximate surface area is 186 Å².